The second kappa shape index (κ2) is 9.53. The van der Waals surface area contributed by atoms with Gasteiger partial charge in [0, 0.05) is 15.6 Å². The summed E-state index contributed by atoms with van der Waals surface area (Å²) in [5.74, 6) is -1.47. The largest absolute Gasteiger partial charge is 0.506 e. The Morgan fingerprint density at radius 3 is 2.38 bits per heavy atom. The lowest BCUT2D eigenvalue weighted by atomic mass is 10.1. The Labute approximate surface area is 159 Å². The fourth-order valence-electron chi connectivity index (χ4n) is 1.99. The molecule has 0 saturated carbocycles. The summed E-state index contributed by atoms with van der Waals surface area (Å²) >= 11 is 3.29. The number of halogens is 1. The summed E-state index contributed by atoms with van der Waals surface area (Å²) in [5, 5.41) is 14.1. The van der Waals surface area contributed by atoms with Gasteiger partial charge in [-0.2, -0.15) is 5.10 Å². The first-order valence-electron chi connectivity index (χ1n) is 7.77. The molecule has 134 valence electrons. The van der Waals surface area contributed by atoms with Crippen LogP contribution >= 0.6 is 15.9 Å². The maximum absolute atomic E-state index is 12.1. The van der Waals surface area contributed by atoms with E-state index in [1.54, 1.807) is 61.5 Å². The molecule has 0 heterocycles. The van der Waals surface area contributed by atoms with Crippen LogP contribution in [-0.4, -0.2) is 29.8 Å². The molecule has 2 N–H and O–H groups in total. The highest BCUT2D eigenvalue weighted by Gasteiger charge is 2.16. The number of carbonyl (C=O) groups is 2. The molecule has 0 aromatic heterocycles. The Balaban J connectivity index is 2.21. The molecule has 0 unspecified atom stereocenters. The third kappa shape index (κ3) is 5.29. The van der Waals surface area contributed by atoms with Crippen LogP contribution in [0, 0.1) is 0 Å². The minimum atomic E-state index is -0.740. The number of nitrogens with one attached hydrogen (secondary N) is 1. The maximum atomic E-state index is 12.1. The zero-order valence-corrected chi connectivity index (χ0v) is 15.6. The van der Waals surface area contributed by atoms with Crippen LogP contribution in [0.2, 0.25) is 0 Å². The van der Waals surface area contributed by atoms with Crippen LogP contribution in [0.5, 0.6) is 0 Å². The molecule has 0 saturated heterocycles. The van der Waals surface area contributed by atoms with Gasteiger partial charge in [-0.25, -0.2) is 10.2 Å². The molecule has 0 aliphatic rings. The molecule has 2 rings (SSSR count). The standard InChI is InChI=1S/C19H17BrN2O4/c1-2-26-19(25)16(17(23)13-6-4-3-5-7-13)12-21-22-18(24)14-8-10-15(20)11-9-14/h3-12,23H,2H2,1H3,(H,22,24)/b17-16+,21-12+. The second-order valence-corrected chi connectivity index (χ2v) is 5.97. The van der Waals surface area contributed by atoms with Crippen molar-refractivity contribution in [1.82, 2.24) is 5.43 Å². The number of ether oxygens (including phenoxy) is 1. The normalized spacial score (nSPS) is 11.8. The number of aliphatic hydroxyl groups is 1. The minimum absolute atomic E-state index is 0.142. The molecule has 0 bridgehead atoms. The number of hydrazone groups is 1. The quantitative estimate of drug-likeness (QED) is 0.247. The molecular weight excluding hydrogens is 400 g/mol. The van der Waals surface area contributed by atoms with Gasteiger partial charge in [0.1, 0.15) is 11.3 Å². The fourth-order valence-corrected chi connectivity index (χ4v) is 2.26. The molecule has 0 radical (unpaired) electrons. The number of rotatable bonds is 6. The third-order valence-corrected chi connectivity index (χ3v) is 3.79. The topological polar surface area (TPSA) is 88.0 Å². The number of hydrogen-bond acceptors (Lipinski definition) is 5. The highest BCUT2D eigenvalue weighted by Crippen LogP contribution is 2.16. The van der Waals surface area contributed by atoms with Crippen LogP contribution in [0.15, 0.2) is 69.7 Å². The number of nitrogens with zero attached hydrogens (tertiary/aromatic N) is 1. The van der Waals surface area contributed by atoms with Crippen LogP contribution in [0.4, 0.5) is 0 Å². The monoisotopic (exact) mass is 416 g/mol. The summed E-state index contributed by atoms with van der Waals surface area (Å²) < 4.78 is 5.78. The Morgan fingerprint density at radius 2 is 1.77 bits per heavy atom. The van der Waals surface area contributed by atoms with Gasteiger partial charge in [-0.15, -0.1) is 0 Å². The molecule has 0 atom stereocenters. The van der Waals surface area contributed by atoms with Crippen LogP contribution in [0.25, 0.3) is 5.76 Å². The third-order valence-electron chi connectivity index (χ3n) is 3.26. The minimum Gasteiger partial charge on any atom is -0.506 e. The predicted octanol–water partition coefficient (Wildman–Crippen LogP) is 3.70. The average Bonchev–Trinajstić information content (AvgIpc) is 2.66. The Kier molecular flexibility index (Phi) is 7.11. The number of aliphatic hydroxyl groups excluding tert-OH is 1. The lowest BCUT2D eigenvalue weighted by Gasteiger charge is -2.07. The van der Waals surface area contributed by atoms with Crippen molar-refractivity contribution in [3.63, 3.8) is 0 Å². The number of hydrogen-bond donors (Lipinski definition) is 2. The van der Waals surface area contributed by atoms with E-state index in [9.17, 15) is 14.7 Å². The lowest BCUT2D eigenvalue weighted by Crippen LogP contribution is -2.19. The molecule has 0 aliphatic carbocycles. The van der Waals surface area contributed by atoms with Gasteiger partial charge in [0.05, 0.1) is 12.8 Å². The van der Waals surface area contributed by atoms with Crippen molar-refractivity contribution in [1.29, 1.82) is 0 Å². The molecule has 1 amide bonds. The predicted molar refractivity (Wildman–Crippen MR) is 103 cm³/mol. The van der Waals surface area contributed by atoms with Crippen LogP contribution in [0.3, 0.4) is 0 Å². The van der Waals surface area contributed by atoms with E-state index in [0.717, 1.165) is 10.7 Å². The van der Waals surface area contributed by atoms with Crippen molar-refractivity contribution >= 4 is 39.8 Å². The molecule has 0 aliphatic heterocycles. The van der Waals surface area contributed by atoms with Gasteiger partial charge >= 0.3 is 5.97 Å². The van der Waals surface area contributed by atoms with E-state index in [4.69, 9.17) is 4.74 Å². The van der Waals surface area contributed by atoms with Crippen LogP contribution < -0.4 is 5.43 Å². The molecule has 0 spiro atoms. The van der Waals surface area contributed by atoms with Crippen molar-refractivity contribution in [2.24, 2.45) is 5.10 Å². The van der Waals surface area contributed by atoms with Gasteiger partial charge in [0.2, 0.25) is 0 Å². The Hall–Kier alpha value is -2.93. The smallest absolute Gasteiger partial charge is 0.343 e. The second-order valence-electron chi connectivity index (χ2n) is 5.05. The summed E-state index contributed by atoms with van der Waals surface area (Å²) in [6, 6.07) is 15.2. The molecule has 2 aromatic rings. The highest BCUT2D eigenvalue weighted by molar-refractivity contribution is 9.10. The van der Waals surface area contributed by atoms with Gasteiger partial charge in [-0.1, -0.05) is 46.3 Å². The average molecular weight is 417 g/mol. The van der Waals surface area contributed by atoms with E-state index in [1.165, 1.54) is 0 Å². The zero-order chi connectivity index (χ0) is 18.9. The summed E-state index contributed by atoms with van der Waals surface area (Å²) in [5.41, 5.74) is 2.99. The van der Waals surface area contributed by atoms with E-state index >= 15 is 0 Å². The SMILES string of the molecule is CCOC(=O)C(/C=N/NC(=O)c1ccc(Br)cc1)=C(/O)c1ccccc1. The summed E-state index contributed by atoms with van der Waals surface area (Å²) in [7, 11) is 0. The van der Waals surface area contributed by atoms with Gasteiger partial charge in [0.15, 0.2) is 0 Å². The molecule has 7 heteroatoms. The number of benzene rings is 2. The van der Waals surface area contributed by atoms with E-state index in [0.29, 0.717) is 11.1 Å². The Morgan fingerprint density at radius 1 is 1.12 bits per heavy atom. The van der Waals surface area contributed by atoms with Gasteiger partial charge in [-0.3, -0.25) is 4.79 Å². The number of esters is 1. The first-order chi connectivity index (χ1) is 12.5. The van der Waals surface area contributed by atoms with Crippen LogP contribution in [0.1, 0.15) is 22.8 Å². The van der Waals surface area contributed by atoms with Crippen molar-refractivity contribution in [2.45, 2.75) is 6.92 Å². The molecule has 2 aromatic carbocycles. The van der Waals surface area contributed by atoms with Crippen molar-refractivity contribution in [3.8, 4) is 0 Å². The lowest BCUT2D eigenvalue weighted by molar-refractivity contribution is -0.137. The Bertz CT molecular complexity index is 830. The molecule has 6 nitrogen and oxygen atoms in total. The van der Waals surface area contributed by atoms with E-state index in [-0.39, 0.29) is 17.9 Å². The van der Waals surface area contributed by atoms with Gasteiger partial charge in [-0.05, 0) is 31.2 Å². The van der Waals surface area contributed by atoms with Crippen LogP contribution in [-0.2, 0) is 9.53 Å². The number of amides is 1. The number of carbonyl (C=O) groups excluding carboxylic acids is 2. The zero-order valence-electron chi connectivity index (χ0n) is 14.0. The summed E-state index contributed by atoms with van der Waals surface area (Å²) in [6.45, 7) is 1.80. The fraction of sp³-hybridized carbons (Fsp3) is 0.105. The van der Waals surface area contributed by atoms with Crippen molar-refractivity contribution in [3.05, 3.63) is 75.8 Å². The molecule has 0 fully saturated rings. The van der Waals surface area contributed by atoms with E-state index in [1.807, 2.05) is 0 Å². The maximum Gasteiger partial charge on any atom is 0.343 e. The van der Waals surface area contributed by atoms with E-state index < -0.39 is 11.9 Å². The summed E-state index contributed by atoms with van der Waals surface area (Å²) in [4.78, 5) is 24.1. The first kappa shape index (κ1) is 19.4. The summed E-state index contributed by atoms with van der Waals surface area (Å²) in [6.07, 6.45) is 1.07. The van der Waals surface area contributed by atoms with Crippen molar-refractivity contribution < 1.29 is 19.4 Å². The highest BCUT2D eigenvalue weighted by atomic mass is 79.9. The van der Waals surface area contributed by atoms with Gasteiger partial charge < -0.3 is 9.84 Å². The van der Waals surface area contributed by atoms with Crippen molar-refractivity contribution in [2.75, 3.05) is 6.61 Å². The molecule has 26 heavy (non-hydrogen) atoms. The van der Waals surface area contributed by atoms with Gasteiger partial charge in [0.25, 0.3) is 5.91 Å². The first-order valence-corrected chi connectivity index (χ1v) is 8.57. The van der Waals surface area contributed by atoms with E-state index in [2.05, 4.69) is 26.5 Å². The molecular formula is C19H17BrN2O4.